The summed E-state index contributed by atoms with van der Waals surface area (Å²) in [5.41, 5.74) is 0.288. The molecule has 24 heavy (non-hydrogen) atoms. The lowest BCUT2D eigenvalue weighted by atomic mass is 10.2. The highest BCUT2D eigenvalue weighted by atomic mass is 19.1. The molecular weight excluding hydrogens is 309 g/mol. The van der Waals surface area contributed by atoms with Gasteiger partial charge in [-0.2, -0.15) is 0 Å². The first-order chi connectivity index (χ1) is 11.6. The topological polar surface area (TPSA) is 60.2 Å². The smallest absolute Gasteiger partial charge is 0.149 e. The number of nitrogens with zero attached hydrogens (tertiary/aromatic N) is 2. The molecular formula is C18H20FN3O2. The van der Waals surface area contributed by atoms with Gasteiger partial charge in [-0.1, -0.05) is 19.9 Å². The lowest BCUT2D eigenvalue weighted by molar-refractivity contribution is 0.0979. The van der Waals surface area contributed by atoms with Gasteiger partial charge in [0.1, 0.15) is 35.3 Å². The number of para-hydroxylation sites is 1. The molecule has 1 aromatic carbocycles. The Morgan fingerprint density at radius 3 is 2.79 bits per heavy atom. The second-order valence-electron chi connectivity index (χ2n) is 6.00. The fraction of sp³-hybridized carbons (Fsp3) is 0.333. The zero-order chi connectivity index (χ0) is 16.9. The lowest BCUT2D eigenvalue weighted by Gasteiger charge is -2.19. The van der Waals surface area contributed by atoms with Crippen LogP contribution in [0.25, 0.3) is 10.9 Å². The molecule has 0 saturated carbocycles. The third-order valence-electron chi connectivity index (χ3n) is 3.55. The van der Waals surface area contributed by atoms with Gasteiger partial charge in [-0.3, -0.25) is 0 Å². The molecule has 0 aliphatic rings. The standard InChI is InChI=1S/C18H20FN3O2/c1-12(2)9-23-10-15(16-7-4-8-24-16)22-18-13-5-3-6-14(19)17(13)20-11-21-18/h3-8,11-12,15H,9-10H2,1-2H3,(H,20,21,22). The van der Waals surface area contributed by atoms with Crippen molar-refractivity contribution in [1.82, 2.24) is 9.97 Å². The molecule has 126 valence electrons. The summed E-state index contributed by atoms with van der Waals surface area (Å²) in [7, 11) is 0. The van der Waals surface area contributed by atoms with Crippen molar-refractivity contribution < 1.29 is 13.5 Å². The van der Waals surface area contributed by atoms with Crippen molar-refractivity contribution in [3.05, 3.63) is 54.5 Å². The molecule has 0 fully saturated rings. The highest BCUT2D eigenvalue weighted by molar-refractivity contribution is 5.89. The fourth-order valence-corrected chi connectivity index (χ4v) is 2.44. The summed E-state index contributed by atoms with van der Waals surface area (Å²) >= 11 is 0. The number of rotatable bonds is 7. The summed E-state index contributed by atoms with van der Waals surface area (Å²) in [5.74, 6) is 1.36. The average Bonchev–Trinajstić information content (AvgIpc) is 3.09. The zero-order valence-electron chi connectivity index (χ0n) is 13.7. The first-order valence-corrected chi connectivity index (χ1v) is 7.92. The molecule has 0 radical (unpaired) electrons. The summed E-state index contributed by atoms with van der Waals surface area (Å²) in [6, 6.07) is 8.29. The van der Waals surface area contributed by atoms with Gasteiger partial charge in [-0.15, -0.1) is 0 Å². The van der Waals surface area contributed by atoms with E-state index < -0.39 is 0 Å². The van der Waals surface area contributed by atoms with E-state index in [9.17, 15) is 4.39 Å². The molecule has 3 rings (SSSR count). The Labute approximate surface area is 139 Å². The van der Waals surface area contributed by atoms with E-state index in [0.29, 0.717) is 30.3 Å². The van der Waals surface area contributed by atoms with Gasteiger partial charge in [0.25, 0.3) is 0 Å². The van der Waals surface area contributed by atoms with Crippen LogP contribution in [0.15, 0.2) is 47.3 Å². The Kier molecular flexibility index (Phi) is 5.05. The fourth-order valence-electron chi connectivity index (χ4n) is 2.44. The van der Waals surface area contributed by atoms with Gasteiger partial charge in [0, 0.05) is 12.0 Å². The molecule has 0 aliphatic carbocycles. The van der Waals surface area contributed by atoms with Crippen LogP contribution < -0.4 is 5.32 Å². The average molecular weight is 329 g/mol. The minimum Gasteiger partial charge on any atom is -0.467 e. The van der Waals surface area contributed by atoms with Gasteiger partial charge < -0.3 is 14.5 Å². The van der Waals surface area contributed by atoms with E-state index in [2.05, 4.69) is 29.1 Å². The third kappa shape index (κ3) is 3.71. The number of benzene rings is 1. The summed E-state index contributed by atoms with van der Waals surface area (Å²) < 4.78 is 25.2. The van der Waals surface area contributed by atoms with Crippen LogP contribution in [0.1, 0.15) is 25.6 Å². The normalized spacial score (nSPS) is 12.7. The van der Waals surface area contributed by atoms with Crippen molar-refractivity contribution in [3.63, 3.8) is 0 Å². The van der Waals surface area contributed by atoms with E-state index in [4.69, 9.17) is 9.15 Å². The van der Waals surface area contributed by atoms with E-state index in [1.807, 2.05) is 12.1 Å². The zero-order valence-corrected chi connectivity index (χ0v) is 13.7. The van der Waals surface area contributed by atoms with Gasteiger partial charge in [0.15, 0.2) is 0 Å². The van der Waals surface area contributed by atoms with E-state index in [1.165, 1.54) is 12.4 Å². The monoisotopic (exact) mass is 329 g/mol. The Balaban J connectivity index is 1.86. The molecule has 0 saturated heterocycles. The van der Waals surface area contributed by atoms with Crippen LogP contribution in [0.3, 0.4) is 0 Å². The van der Waals surface area contributed by atoms with E-state index in [0.717, 1.165) is 5.76 Å². The number of furan rings is 1. The molecule has 0 amide bonds. The van der Waals surface area contributed by atoms with Crippen LogP contribution in [-0.2, 0) is 4.74 Å². The number of anilines is 1. The van der Waals surface area contributed by atoms with E-state index in [1.54, 1.807) is 18.4 Å². The van der Waals surface area contributed by atoms with Crippen LogP contribution in [0.2, 0.25) is 0 Å². The number of hydrogen-bond acceptors (Lipinski definition) is 5. The van der Waals surface area contributed by atoms with Crippen molar-refractivity contribution in [2.24, 2.45) is 5.92 Å². The van der Waals surface area contributed by atoms with Crippen molar-refractivity contribution in [3.8, 4) is 0 Å². The van der Waals surface area contributed by atoms with Crippen LogP contribution in [-0.4, -0.2) is 23.2 Å². The number of fused-ring (bicyclic) bond motifs is 1. The van der Waals surface area contributed by atoms with E-state index >= 15 is 0 Å². The molecule has 0 aliphatic heterocycles. The van der Waals surface area contributed by atoms with Crippen LogP contribution in [0.5, 0.6) is 0 Å². The molecule has 1 unspecified atom stereocenters. The van der Waals surface area contributed by atoms with Crippen LogP contribution >= 0.6 is 0 Å². The number of ether oxygens (including phenoxy) is 1. The van der Waals surface area contributed by atoms with Gasteiger partial charge >= 0.3 is 0 Å². The van der Waals surface area contributed by atoms with Gasteiger partial charge in [-0.05, 0) is 30.2 Å². The highest BCUT2D eigenvalue weighted by Crippen LogP contribution is 2.26. The molecule has 1 N–H and O–H groups in total. The first kappa shape index (κ1) is 16.4. The van der Waals surface area contributed by atoms with Crippen LogP contribution in [0.4, 0.5) is 10.2 Å². The SMILES string of the molecule is CC(C)COCC(Nc1ncnc2c(F)cccc12)c1ccco1. The molecule has 6 heteroatoms. The summed E-state index contributed by atoms with van der Waals surface area (Å²) in [4.78, 5) is 8.27. The van der Waals surface area contributed by atoms with Gasteiger partial charge in [0.05, 0.1) is 12.9 Å². The van der Waals surface area contributed by atoms with Crippen LogP contribution in [0, 0.1) is 11.7 Å². The molecule has 0 bridgehead atoms. The third-order valence-corrected chi connectivity index (χ3v) is 3.55. The first-order valence-electron chi connectivity index (χ1n) is 7.92. The Morgan fingerprint density at radius 2 is 2.04 bits per heavy atom. The largest absolute Gasteiger partial charge is 0.467 e. The number of aromatic nitrogens is 2. The maximum atomic E-state index is 13.9. The maximum Gasteiger partial charge on any atom is 0.149 e. The Hall–Kier alpha value is -2.47. The predicted molar refractivity (Wildman–Crippen MR) is 90.2 cm³/mol. The number of nitrogens with one attached hydrogen (secondary N) is 1. The number of hydrogen-bond donors (Lipinski definition) is 1. The molecule has 2 aromatic heterocycles. The van der Waals surface area contributed by atoms with Crippen molar-refractivity contribution in [1.29, 1.82) is 0 Å². The summed E-state index contributed by atoms with van der Waals surface area (Å²) in [6.45, 7) is 5.26. The quantitative estimate of drug-likeness (QED) is 0.704. The van der Waals surface area contributed by atoms with Crippen molar-refractivity contribution >= 4 is 16.7 Å². The van der Waals surface area contributed by atoms with Gasteiger partial charge in [0.2, 0.25) is 0 Å². The minimum atomic E-state index is -0.372. The Bertz CT molecular complexity index is 790. The second kappa shape index (κ2) is 7.40. The molecule has 1 atom stereocenters. The van der Waals surface area contributed by atoms with Crippen molar-refractivity contribution in [2.45, 2.75) is 19.9 Å². The summed E-state index contributed by atoms with van der Waals surface area (Å²) in [6.07, 6.45) is 2.96. The second-order valence-corrected chi connectivity index (χ2v) is 6.00. The van der Waals surface area contributed by atoms with Gasteiger partial charge in [-0.25, -0.2) is 14.4 Å². The number of halogens is 1. The Morgan fingerprint density at radius 1 is 1.17 bits per heavy atom. The minimum absolute atomic E-state index is 0.222. The predicted octanol–water partition coefficient (Wildman–Crippen LogP) is 4.19. The maximum absolute atomic E-state index is 13.9. The molecule has 3 aromatic rings. The molecule has 5 nitrogen and oxygen atoms in total. The highest BCUT2D eigenvalue weighted by Gasteiger charge is 2.17. The molecule has 2 heterocycles. The van der Waals surface area contributed by atoms with Crippen molar-refractivity contribution in [2.75, 3.05) is 18.5 Å². The lowest BCUT2D eigenvalue weighted by Crippen LogP contribution is -2.19. The summed E-state index contributed by atoms with van der Waals surface area (Å²) in [5, 5.41) is 3.91. The molecule has 0 spiro atoms. The van der Waals surface area contributed by atoms with E-state index in [-0.39, 0.29) is 17.4 Å².